The lowest BCUT2D eigenvalue weighted by atomic mass is 9.96. The SMILES string of the molecule is CCOC(=O)CCCCCCNC1c2ccccc2N(C)S(=O)c2cc(Cl)ccc21. The highest BCUT2D eigenvalue weighted by atomic mass is 35.5. The quantitative estimate of drug-likeness (QED) is 0.433. The number of nitrogens with zero attached hydrogens (tertiary/aromatic N) is 1. The Bertz CT molecular complexity index is 906. The summed E-state index contributed by atoms with van der Waals surface area (Å²) in [6.07, 6.45) is 4.39. The number of rotatable bonds is 9. The average molecular weight is 449 g/mol. The van der Waals surface area contributed by atoms with Crippen LogP contribution in [-0.2, 0) is 20.5 Å². The van der Waals surface area contributed by atoms with Crippen molar-refractivity contribution in [1.82, 2.24) is 5.32 Å². The lowest BCUT2D eigenvalue weighted by Crippen LogP contribution is -2.24. The first-order valence-electron chi connectivity index (χ1n) is 10.5. The van der Waals surface area contributed by atoms with E-state index < -0.39 is 11.0 Å². The Hall–Kier alpha value is -1.89. The van der Waals surface area contributed by atoms with Crippen molar-refractivity contribution in [2.24, 2.45) is 0 Å². The molecular weight excluding hydrogens is 420 g/mol. The van der Waals surface area contributed by atoms with Crippen LogP contribution >= 0.6 is 11.6 Å². The van der Waals surface area contributed by atoms with E-state index in [2.05, 4.69) is 11.4 Å². The molecule has 0 aliphatic carbocycles. The van der Waals surface area contributed by atoms with Gasteiger partial charge in [0.1, 0.15) is 0 Å². The highest BCUT2D eigenvalue weighted by Crippen LogP contribution is 2.39. The summed E-state index contributed by atoms with van der Waals surface area (Å²) in [5.74, 6) is -0.113. The number of unbranched alkanes of at least 4 members (excludes halogenated alkanes) is 3. The first-order chi connectivity index (χ1) is 14.5. The van der Waals surface area contributed by atoms with Gasteiger partial charge in [0.2, 0.25) is 0 Å². The molecule has 5 nitrogen and oxygen atoms in total. The summed E-state index contributed by atoms with van der Waals surface area (Å²) in [6, 6.07) is 13.7. The summed E-state index contributed by atoms with van der Waals surface area (Å²) in [7, 11) is 0.530. The number of para-hydroxylation sites is 1. The van der Waals surface area contributed by atoms with Gasteiger partial charge in [0.15, 0.2) is 11.0 Å². The van der Waals surface area contributed by atoms with Crippen LogP contribution < -0.4 is 9.62 Å². The molecule has 0 spiro atoms. The number of hydrogen-bond donors (Lipinski definition) is 1. The molecule has 2 aromatic rings. The van der Waals surface area contributed by atoms with E-state index in [1.165, 1.54) is 0 Å². The fourth-order valence-electron chi connectivity index (χ4n) is 3.77. The van der Waals surface area contributed by atoms with Gasteiger partial charge in [-0.15, -0.1) is 0 Å². The van der Waals surface area contributed by atoms with Gasteiger partial charge in [-0.25, -0.2) is 4.21 Å². The van der Waals surface area contributed by atoms with Gasteiger partial charge in [-0.05, 0) is 55.6 Å². The zero-order valence-electron chi connectivity index (χ0n) is 17.5. The number of esters is 1. The number of hydrogen-bond acceptors (Lipinski definition) is 4. The van der Waals surface area contributed by atoms with Crippen molar-refractivity contribution >= 4 is 34.2 Å². The molecule has 1 N–H and O–H groups in total. The number of carbonyl (C=O) groups is 1. The molecule has 0 aromatic heterocycles. The Morgan fingerprint density at radius 2 is 1.90 bits per heavy atom. The van der Waals surface area contributed by atoms with Crippen molar-refractivity contribution in [2.45, 2.75) is 50.0 Å². The maximum absolute atomic E-state index is 13.2. The van der Waals surface area contributed by atoms with Gasteiger partial charge in [0.25, 0.3) is 0 Å². The highest BCUT2D eigenvalue weighted by Gasteiger charge is 2.29. The van der Waals surface area contributed by atoms with Crippen molar-refractivity contribution in [3.05, 3.63) is 58.6 Å². The average Bonchev–Trinajstić information content (AvgIpc) is 2.82. The molecule has 0 fully saturated rings. The topological polar surface area (TPSA) is 58.6 Å². The second-order valence-electron chi connectivity index (χ2n) is 7.34. The summed E-state index contributed by atoms with van der Waals surface area (Å²) in [5, 5.41) is 4.24. The van der Waals surface area contributed by atoms with E-state index in [9.17, 15) is 9.00 Å². The molecule has 2 unspecified atom stereocenters. The van der Waals surface area contributed by atoms with Crippen molar-refractivity contribution in [1.29, 1.82) is 0 Å². The summed E-state index contributed by atoms with van der Waals surface area (Å²) in [6.45, 7) is 3.10. The Labute approximate surface area is 186 Å². The van der Waals surface area contributed by atoms with E-state index >= 15 is 0 Å². The molecule has 7 heteroatoms. The smallest absolute Gasteiger partial charge is 0.305 e. The first-order valence-corrected chi connectivity index (χ1v) is 11.9. The molecule has 1 heterocycles. The highest BCUT2D eigenvalue weighted by molar-refractivity contribution is 7.86. The van der Waals surface area contributed by atoms with Crippen molar-refractivity contribution in [2.75, 3.05) is 24.5 Å². The van der Waals surface area contributed by atoms with Gasteiger partial charge in [-0.2, -0.15) is 0 Å². The number of ether oxygens (including phenoxy) is 1. The Balaban J connectivity index is 1.67. The third-order valence-electron chi connectivity index (χ3n) is 5.27. The number of benzene rings is 2. The van der Waals surface area contributed by atoms with Crippen LogP contribution in [0, 0.1) is 0 Å². The summed E-state index contributed by atoms with van der Waals surface area (Å²) >= 11 is 6.21. The normalized spacial score (nSPS) is 17.8. The predicted molar refractivity (Wildman–Crippen MR) is 122 cm³/mol. The summed E-state index contributed by atoms with van der Waals surface area (Å²) < 4.78 is 19.9. The number of anilines is 1. The Kier molecular flexibility index (Phi) is 8.31. The molecule has 0 radical (unpaired) electrons. The van der Waals surface area contributed by atoms with Gasteiger partial charge in [-0.3, -0.25) is 9.10 Å². The molecular formula is C23H29ClN2O3S. The van der Waals surface area contributed by atoms with Gasteiger partial charge >= 0.3 is 5.97 Å². The number of carbonyl (C=O) groups excluding carboxylic acids is 1. The van der Waals surface area contributed by atoms with Crippen LogP contribution in [0.5, 0.6) is 0 Å². The Morgan fingerprint density at radius 3 is 2.70 bits per heavy atom. The van der Waals surface area contributed by atoms with Crippen LogP contribution in [0.1, 0.15) is 56.2 Å². The molecule has 1 aliphatic heterocycles. The van der Waals surface area contributed by atoms with Crippen LogP contribution in [-0.4, -0.2) is 30.4 Å². The van der Waals surface area contributed by atoms with Crippen LogP contribution in [0.4, 0.5) is 5.69 Å². The third kappa shape index (κ3) is 5.42. The maximum atomic E-state index is 13.2. The fraction of sp³-hybridized carbons (Fsp3) is 0.435. The number of halogens is 1. The van der Waals surface area contributed by atoms with Crippen molar-refractivity contribution in [3.8, 4) is 0 Å². The van der Waals surface area contributed by atoms with E-state index in [0.29, 0.717) is 18.1 Å². The summed E-state index contributed by atoms with van der Waals surface area (Å²) in [5.41, 5.74) is 3.06. The predicted octanol–water partition coefficient (Wildman–Crippen LogP) is 5.01. The van der Waals surface area contributed by atoms with Crippen molar-refractivity contribution < 1.29 is 13.7 Å². The summed E-state index contributed by atoms with van der Waals surface area (Å²) in [4.78, 5) is 12.2. The monoisotopic (exact) mass is 448 g/mol. The molecule has 0 amide bonds. The zero-order chi connectivity index (χ0) is 21.5. The van der Waals surface area contributed by atoms with Crippen LogP contribution in [0.3, 0.4) is 0 Å². The van der Waals surface area contributed by atoms with E-state index in [-0.39, 0.29) is 12.0 Å². The number of nitrogens with one attached hydrogen (secondary N) is 1. The minimum absolute atomic E-state index is 0.0538. The van der Waals surface area contributed by atoms with Crippen LogP contribution in [0.2, 0.25) is 5.02 Å². The van der Waals surface area contributed by atoms with Crippen LogP contribution in [0.25, 0.3) is 0 Å². The van der Waals surface area contributed by atoms with E-state index in [1.54, 1.807) is 6.07 Å². The molecule has 2 aromatic carbocycles. The second-order valence-corrected chi connectivity index (χ2v) is 9.27. The fourth-order valence-corrected chi connectivity index (χ4v) is 5.26. The maximum Gasteiger partial charge on any atom is 0.305 e. The van der Waals surface area contributed by atoms with Gasteiger partial charge in [0.05, 0.1) is 23.2 Å². The van der Waals surface area contributed by atoms with Gasteiger partial charge < -0.3 is 10.1 Å². The molecule has 1 aliphatic rings. The van der Waals surface area contributed by atoms with E-state index in [4.69, 9.17) is 16.3 Å². The largest absolute Gasteiger partial charge is 0.466 e. The first kappa shape index (κ1) is 22.8. The van der Waals surface area contributed by atoms with E-state index in [0.717, 1.165) is 53.9 Å². The van der Waals surface area contributed by atoms with E-state index in [1.807, 2.05) is 48.6 Å². The molecule has 30 heavy (non-hydrogen) atoms. The van der Waals surface area contributed by atoms with Crippen molar-refractivity contribution in [3.63, 3.8) is 0 Å². The lowest BCUT2D eigenvalue weighted by Gasteiger charge is -2.22. The molecule has 0 bridgehead atoms. The van der Waals surface area contributed by atoms with Gasteiger partial charge in [0, 0.05) is 18.5 Å². The van der Waals surface area contributed by atoms with Crippen LogP contribution in [0.15, 0.2) is 47.4 Å². The standard InChI is InChI=1S/C23H29ClN2O3S/c1-3-29-22(27)12-6-4-5-9-15-25-23-18-10-7-8-11-20(18)26(2)30(28)21-16-17(24)13-14-19(21)23/h7-8,10-11,13-14,16,23,25H,3-6,9,12,15H2,1-2H3. The Morgan fingerprint density at radius 1 is 1.13 bits per heavy atom. The zero-order valence-corrected chi connectivity index (χ0v) is 19.1. The number of fused-ring (bicyclic) bond motifs is 2. The lowest BCUT2D eigenvalue weighted by molar-refractivity contribution is -0.143. The molecule has 3 rings (SSSR count). The minimum atomic E-state index is -1.32. The third-order valence-corrected chi connectivity index (χ3v) is 6.93. The van der Waals surface area contributed by atoms with Gasteiger partial charge in [-0.1, -0.05) is 48.7 Å². The second kappa shape index (κ2) is 10.9. The molecule has 0 saturated heterocycles. The molecule has 0 saturated carbocycles. The minimum Gasteiger partial charge on any atom is -0.466 e. The molecule has 162 valence electrons. The molecule has 2 atom stereocenters.